The summed E-state index contributed by atoms with van der Waals surface area (Å²) in [5.74, 6) is 0.599. The van der Waals surface area contributed by atoms with Crippen molar-refractivity contribution in [3.8, 4) is 22.4 Å². The molecule has 1 N–H and O–H groups in total. The van der Waals surface area contributed by atoms with Crippen LogP contribution in [0.1, 0.15) is 24.7 Å². The Hall–Kier alpha value is -2.92. The number of rotatable bonds is 4. The predicted octanol–water partition coefficient (Wildman–Crippen LogP) is 3.66. The van der Waals surface area contributed by atoms with E-state index in [1.54, 1.807) is 11.8 Å². The van der Waals surface area contributed by atoms with Crippen molar-refractivity contribution in [1.29, 1.82) is 0 Å². The second kappa shape index (κ2) is 7.37. The van der Waals surface area contributed by atoms with Crippen LogP contribution in [0.4, 0.5) is 0 Å². The molecule has 1 amide bonds. The Labute approximate surface area is 158 Å². The molecule has 2 heterocycles. The first kappa shape index (κ1) is 17.5. The minimum atomic E-state index is -0.944. The zero-order chi connectivity index (χ0) is 18.8. The highest BCUT2D eigenvalue weighted by atomic mass is 16.5. The van der Waals surface area contributed by atoms with Gasteiger partial charge in [0.25, 0.3) is 5.91 Å². The van der Waals surface area contributed by atoms with E-state index < -0.39 is 6.10 Å². The van der Waals surface area contributed by atoms with Crippen molar-refractivity contribution in [3.63, 3.8) is 0 Å². The first-order valence-electron chi connectivity index (χ1n) is 9.27. The largest absolute Gasteiger partial charge is 0.383 e. The highest BCUT2D eigenvalue weighted by molar-refractivity contribution is 5.81. The molecule has 4 rings (SSSR count). The summed E-state index contributed by atoms with van der Waals surface area (Å²) in [6.45, 7) is 2.77. The molecular weight excluding hydrogens is 340 g/mol. The molecule has 0 bridgehead atoms. The van der Waals surface area contributed by atoms with Gasteiger partial charge in [-0.15, -0.1) is 0 Å². The zero-order valence-corrected chi connectivity index (χ0v) is 15.3. The Kier molecular flexibility index (Phi) is 4.77. The van der Waals surface area contributed by atoms with E-state index >= 15 is 0 Å². The van der Waals surface area contributed by atoms with Crippen LogP contribution in [-0.4, -0.2) is 33.7 Å². The molecule has 5 nitrogen and oxygen atoms in total. The van der Waals surface area contributed by atoms with E-state index in [4.69, 9.17) is 4.52 Å². The van der Waals surface area contributed by atoms with Crippen molar-refractivity contribution in [2.45, 2.75) is 32.4 Å². The number of aromatic nitrogens is 1. The lowest BCUT2D eigenvalue weighted by molar-refractivity contribution is -0.141. The molecule has 27 heavy (non-hydrogen) atoms. The van der Waals surface area contributed by atoms with E-state index in [9.17, 15) is 9.90 Å². The molecule has 1 aromatic heterocycles. The van der Waals surface area contributed by atoms with E-state index in [2.05, 4.69) is 29.4 Å². The number of fused-ring (bicyclic) bond motifs is 1. The van der Waals surface area contributed by atoms with Crippen LogP contribution in [-0.2, 0) is 17.8 Å². The van der Waals surface area contributed by atoms with Gasteiger partial charge in [-0.25, -0.2) is 0 Å². The average Bonchev–Trinajstić information content (AvgIpc) is 3.16. The Bertz CT molecular complexity index is 932. The van der Waals surface area contributed by atoms with Crippen molar-refractivity contribution in [3.05, 3.63) is 65.9 Å². The fraction of sp³-hybridized carbons (Fsp3) is 0.273. The molecule has 0 spiro atoms. The van der Waals surface area contributed by atoms with Crippen LogP contribution in [0, 0.1) is 0 Å². The smallest absolute Gasteiger partial charge is 0.251 e. The molecule has 1 aliphatic rings. The van der Waals surface area contributed by atoms with Crippen LogP contribution < -0.4 is 0 Å². The SMILES string of the molecule is CCC(O)C(=O)N1CCc2onc(-c3ccc(-c4ccccc4)cc3)c2C1. The molecule has 0 fully saturated rings. The molecule has 0 saturated heterocycles. The minimum Gasteiger partial charge on any atom is -0.383 e. The highest BCUT2D eigenvalue weighted by Gasteiger charge is 2.29. The van der Waals surface area contributed by atoms with Crippen molar-refractivity contribution in [1.82, 2.24) is 10.1 Å². The monoisotopic (exact) mass is 362 g/mol. The second-order valence-corrected chi connectivity index (χ2v) is 6.81. The maximum absolute atomic E-state index is 12.3. The molecule has 0 saturated carbocycles. The van der Waals surface area contributed by atoms with E-state index in [-0.39, 0.29) is 5.91 Å². The predicted molar refractivity (Wildman–Crippen MR) is 103 cm³/mol. The fourth-order valence-electron chi connectivity index (χ4n) is 3.46. The summed E-state index contributed by atoms with van der Waals surface area (Å²) in [7, 11) is 0. The van der Waals surface area contributed by atoms with Crippen LogP contribution in [0.2, 0.25) is 0 Å². The van der Waals surface area contributed by atoms with Gasteiger partial charge in [0.15, 0.2) is 0 Å². The number of carbonyl (C=O) groups excluding carboxylic acids is 1. The molecule has 1 aliphatic heterocycles. The van der Waals surface area contributed by atoms with Gasteiger partial charge in [0.2, 0.25) is 0 Å². The number of nitrogens with zero attached hydrogens (tertiary/aromatic N) is 2. The molecule has 1 atom stereocenters. The number of aliphatic hydroxyl groups is 1. The van der Waals surface area contributed by atoms with Crippen LogP contribution in [0.5, 0.6) is 0 Å². The highest BCUT2D eigenvalue weighted by Crippen LogP contribution is 2.31. The molecular formula is C22H22N2O3. The Morgan fingerprint density at radius 3 is 2.48 bits per heavy atom. The van der Waals surface area contributed by atoms with Crippen molar-refractivity contribution in [2.24, 2.45) is 0 Å². The molecule has 5 heteroatoms. The van der Waals surface area contributed by atoms with E-state index in [1.807, 2.05) is 30.3 Å². The average molecular weight is 362 g/mol. The van der Waals surface area contributed by atoms with E-state index in [1.165, 1.54) is 0 Å². The van der Waals surface area contributed by atoms with Crippen molar-refractivity contribution < 1.29 is 14.4 Å². The number of benzene rings is 2. The lowest BCUT2D eigenvalue weighted by Gasteiger charge is -2.28. The number of carbonyl (C=O) groups is 1. The van der Waals surface area contributed by atoms with Gasteiger partial charge in [0, 0.05) is 24.1 Å². The third-order valence-electron chi connectivity index (χ3n) is 5.08. The van der Waals surface area contributed by atoms with Gasteiger partial charge in [-0.05, 0) is 17.5 Å². The molecule has 1 unspecified atom stereocenters. The summed E-state index contributed by atoms with van der Waals surface area (Å²) >= 11 is 0. The number of amides is 1. The molecule has 2 aromatic carbocycles. The number of hydrogen-bond donors (Lipinski definition) is 1. The number of hydrogen-bond acceptors (Lipinski definition) is 4. The molecule has 138 valence electrons. The topological polar surface area (TPSA) is 66.6 Å². The van der Waals surface area contributed by atoms with Gasteiger partial charge >= 0.3 is 0 Å². The summed E-state index contributed by atoms with van der Waals surface area (Å²) < 4.78 is 5.52. The minimum absolute atomic E-state index is 0.227. The van der Waals surface area contributed by atoms with Crippen LogP contribution in [0.3, 0.4) is 0 Å². The Morgan fingerprint density at radius 2 is 1.78 bits per heavy atom. The number of aliphatic hydroxyl groups excluding tert-OH is 1. The molecule has 0 radical (unpaired) electrons. The maximum atomic E-state index is 12.3. The van der Waals surface area contributed by atoms with E-state index in [0.717, 1.165) is 33.7 Å². The fourth-order valence-corrected chi connectivity index (χ4v) is 3.46. The summed E-state index contributed by atoms with van der Waals surface area (Å²) in [6.07, 6.45) is 0.0895. The summed E-state index contributed by atoms with van der Waals surface area (Å²) in [5, 5.41) is 14.1. The molecule has 3 aromatic rings. The maximum Gasteiger partial charge on any atom is 0.251 e. The van der Waals surface area contributed by atoms with Crippen molar-refractivity contribution >= 4 is 5.91 Å². The second-order valence-electron chi connectivity index (χ2n) is 6.81. The normalized spacial score (nSPS) is 14.7. The first-order valence-corrected chi connectivity index (χ1v) is 9.27. The quantitative estimate of drug-likeness (QED) is 0.769. The van der Waals surface area contributed by atoms with Gasteiger partial charge in [0.05, 0.1) is 6.54 Å². The van der Waals surface area contributed by atoms with Crippen LogP contribution >= 0.6 is 0 Å². The van der Waals surface area contributed by atoms with Gasteiger partial charge in [-0.3, -0.25) is 4.79 Å². The third kappa shape index (κ3) is 3.38. The van der Waals surface area contributed by atoms with Crippen LogP contribution in [0.15, 0.2) is 59.1 Å². The van der Waals surface area contributed by atoms with Gasteiger partial charge in [-0.2, -0.15) is 0 Å². The van der Waals surface area contributed by atoms with Gasteiger partial charge in [0.1, 0.15) is 17.6 Å². The van der Waals surface area contributed by atoms with Crippen molar-refractivity contribution in [2.75, 3.05) is 6.54 Å². The summed E-state index contributed by atoms with van der Waals surface area (Å²) in [6, 6.07) is 18.4. The van der Waals surface area contributed by atoms with Crippen LogP contribution in [0.25, 0.3) is 22.4 Å². The standard InChI is InChI=1S/C22H22N2O3/c1-2-19(25)22(26)24-13-12-20-18(14-24)21(23-27-20)17-10-8-16(9-11-17)15-6-4-3-5-7-15/h3-11,19,25H,2,12-14H2,1H3. The first-order chi connectivity index (χ1) is 13.2. The summed E-state index contributed by atoms with van der Waals surface area (Å²) in [4.78, 5) is 14.0. The Balaban J connectivity index is 1.60. The summed E-state index contributed by atoms with van der Waals surface area (Å²) in [5.41, 5.74) is 4.97. The lowest BCUT2D eigenvalue weighted by Crippen LogP contribution is -2.41. The Morgan fingerprint density at radius 1 is 1.11 bits per heavy atom. The third-order valence-corrected chi connectivity index (χ3v) is 5.08. The van der Waals surface area contributed by atoms with Gasteiger partial charge in [-0.1, -0.05) is 66.7 Å². The lowest BCUT2D eigenvalue weighted by atomic mass is 9.98. The zero-order valence-electron chi connectivity index (χ0n) is 15.3. The van der Waals surface area contributed by atoms with Gasteiger partial charge < -0.3 is 14.5 Å². The molecule has 0 aliphatic carbocycles. The van der Waals surface area contributed by atoms with E-state index in [0.29, 0.717) is 25.9 Å².